The van der Waals surface area contributed by atoms with Gasteiger partial charge in [-0.15, -0.1) is 0 Å². The summed E-state index contributed by atoms with van der Waals surface area (Å²) in [6.07, 6.45) is -1.33. The summed E-state index contributed by atoms with van der Waals surface area (Å²) in [4.78, 5) is 49.4. The number of Topliss-reactive ketones (excluding diaryl/α,β-unsaturated/α-hetero) is 1. The molecular weight excluding hydrogens is 472 g/mol. The molecule has 0 saturated carbocycles. The Morgan fingerprint density at radius 3 is 2.08 bits per heavy atom. The third-order valence-electron chi connectivity index (χ3n) is 5.60. The summed E-state index contributed by atoms with van der Waals surface area (Å²) in [7, 11) is 0. The fraction of sp³-hybridized carbons (Fsp3) is 0.0690. The summed E-state index contributed by atoms with van der Waals surface area (Å²) in [5, 5.41) is 13.8. The highest BCUT2D eigenvalue weighted by atomic mass is 16.6. The number of ketones is 1. The normalized spacial score (nSPS) is 11.3. The molecule has 0 fully saturated rings. The molecule has 8 nitrogen and oxygen atoms in total. The molecule has 0 saturated heterocycles. The van der Waals surface area contributed by atoms with Gasteiger partial charge in [0.25, 0.3) is 11.6 Å². The van der Waals surface area contributed by atoms with E-state index < -0.39 is 22.8 Å². The predicted octanol–water partition coefficient (Wildman–Crippen LogP) is 5.94. The van der Waals surface area contributed by atoms with Crippen LogP contribution in [0.4, 0.5) is 11.4 Å². The Kier molecular flexibility index (Phi) is 7.49. The molecule has 1 atom stereocenters. The maximum absolute atomic E-state index is 13.3. The van der Waals surface area contributed by atoms with Crippen LogP contribution < -0.4 is 5.32 Å². The van der Waals surface area contributed by atoms with Gasteiger partial charge in [0, 0.05) is 34.5 Å². The minimum absolute atomic E-state index is 0.120. The fourth-order valence-electron chi connectivity index (χ4n) is 3.60. The number of carbonyl (C=O) groups is 3. The summed E-state index contributed by atoms with van der Waals surface area (Å²) in [5.74, 6) is -1.61. The average Bonchev–Trinajstić information content (AvgIpc) is 2.92. The zero-order chi connectivity index (χ0) is 26.4. The molecule has 1 amide bonds. The number of amides is 1. The highest BCUT2D eigenvalue weighted by Gasteiger charge is 2.27. The number of aryl methyl sites for hydroxylation is 1. The number of benzene rings is 4. The highest BCUT2D eigenvalue weighted by molar-refractivity contribution is 6.05. The van der Waals surface area contributed by atoms with Gasteiger partial charge in [0.1, 0.15) is 0 Å². The Morgan fingerprint density at radius 2 is 1.43 bits per heavy atom. The first-order valence-electron chi connectivity index (χ1n) is 11.3. The Hall–Kier alpha value is -5.11. The van der Waals surface area contributed by atoms with Crippen molar-refractivity contribution in [2.75, 3.05) is 5.32 Å². The third kappa shape index (κ3) is 6.12. The monoisotopic (exact) mass is 494 g/mol. The lowest BCUT2D eigenvalue weighted by atomic mass is 9.99. The van der Waals surface area contributed by atoms with Gasteiger partial charge in [-0.05, 0) is 49.4 Å². The summed E-state index contributed by atoms with van der Waals surface area (Å²) in [6, 6.07) is 26.8. The number of hydrogen-bond donors (Lipinski definition) is 1. The van der Waals surface area contributed by atoms with Crippen LogP contribution in [0.5, 0.6) is 0 Å². The first-order valence-corrected chi connectivity index (χ1v) is 11.3. The van der Waals surface area contributed by atoms with Crippen molar-refractivity contribution < 1.29 is 24.0 Å². The van der Waals surface area contributed by atoms with Crippen LogP contribution in [0.15, 0.2) is 103 Å². The van der Waals surface area contributed by atoms with Crippen LogP contribution in [0.2, 0.25) is 0 Å². The first-order chi connectivity index (χ1) is 17.8. The second-order valence-corrected chi connectivity index (χ2v) is 8.27. The van der Waals surface area contributed by atoms with Crippen molar-refractivity contribution in [1.82, 2.24) is 0 Å². The van der Waals surface area contributed by atoms with Crippen molar-refractivity contribution in [3.63, 3.8) is 0 Å². The lowest BCUT2D eigenvalue weighted by Crippen LogP contribution is -2.20. The minimum atomic E-state index is -1.33. The van der Waals surface area contributed by atoms with E-state index in [-0.39, 0.29) is 22.7 Å². The van der Waals surface area contributed by atoms with Gasteiger partial charge < -0.3 is 10.1 Å². The van der Waals surface area contributed by atoms with Crippen molar-refractivity contribution in [2.45, 2.75) is 13.0 Å². The van der Waals surface area contributed by atoms with Crippen LogP contribution in [0.25, 0.3) is 0 Å². The van der Waals surface area contributed by atoms with Crippen molar-refractivity contribution in [3.05, 3.63) is 141 Å². The maximum Gasteiger partial charge on any atom is 0.339 e. The van der Waals surface area contributed by atoms with Crippen LogP contribution >= 0.6 is 0 Å². The maximum atomic E-state index is 13.3. The van der Waals surface area contributed by atoms with E-state index in [9.17, 15) is 24.5 Å². The molecule has 0 aliphatic carbocycles. The smallest absolute Gasteiger partial charge is 0.339 e. The number of hydrogen-bond acceptors (Lipinski definition) is 6. The van der Waals surface area contributed by atoms with Gasteiger partial charge in [0.2, 0.25) is 5.78 Å². The molecule has 184 valence electrons. The van der Waals surface area contributed by atoms with E-state index in [0.717, 1.165) is 5.56 Å². The number of non-ortho nitro benzene ring substituents is 1. The van der Waals surface area contributed by atoms with E-state index in [1.54, 1.807) is 54.6 Å². The van der Waals surface area contributed by atoms with Gasteiger partial charge in [-0.25, -0.2) is 4.79 Å². The molecule has 0 aromatic heterocycles. The van der Waals surface area contributed by atoms with Gasteiger partial charge in [0.05, 0.1) is 10.5 Å². The molecule has 1 N–H and O–H groups in total. The molecule has 0 bridgehead atoms. The lowest BCUT2D eigenvalue weighted by molar-refractivity contribution is -0.384. The van der Waals surface area contributed by atoms with Crippen molar-refractivity contribution in [3.8, 4) is 0 Å². The Balaban J connectivity index is 1.57. The minimum Gasteiger partial charge on any atom is -0.445 e. The summed E-state index contributed by atoms with van der Waals surface area (Å²) >= 11 is 0. The van der Waals surface area contributed by atoms with Crippen LogP contribution in [0.1, 0.15) is 48.3 Å². The van der Waals surface area contributed by atoms with E-state index in [4.69, 9.17) is 4.74 Å². The van der Waals surface area contributed by atoms with Gasteiger partial charge >= 0.3 is 5.97 Å². The number of ether oxygens (including phenoxy) is 1. The molecule has 8 heteroatoms. The topological polar surface area (TPSA) is 116 Å². The van der Waals surface area contributed by atoms with E-state index in [0.29, 0.717) is 16.8 Å². The number of esters is 1. The molecular formula is C29H22N2O6. The molecule has 37 heavy (non-hydrogen) atoms. The van der Waals surface area contributed by atoms with Crippen LogP contribution in [0, 0.1) is 17.0 Å². The van der Waals surface area contributed by atoms with Gasteiger partial charge in [-0.2, -0.15) is 0 Å². The number of nitrogens with zero attached hydrogens (tertiary/aromatic N) is 1. The largest absolute Gasteiger partial charge is 0.445 e. The standard InChI is InChI=1S/C29H22N2O6/c1-19-10-12-22(13-11-19)28(33)30-24-9-5-8-23(18-24)29(34)37-27(26(32)20-6-3-2-4-7-20)21-14-16-25(17-15-21)31(35)36/h2-18,27H,1H3,(H,30,33)/t27-/m1/s1. The summed E-state index contributed by atoms with van der Waals surface area (Å²) in [5.41, 5.74) is 2.43. The zero-order valence-electron chi connectivity index (χ0n) is 19.8. The first kappa shape index (κ1) is 25.0. The predicted molar refractivity (Wildman–Crippen MR) is 138 cm³/mol. The van der Waals surface area contributed by atoms with Crippen LogP contribution in [-0.4, -0.2) is 22.6 Å². The molecule has 0 aliphatic heterocycles. The molecule has 4 rings (SSSR count). The Labute approximate surface area is 212 Å². The molecule has 0 unspecified atom stereocenters. The SMILES string of the molecule is Cc1ccc(C(=O)Nc2cccc(C(=O)O[C@@H](C(=O)c3ccccc3)c3ccc([N+](=O)[O-])cc3)c2)cc1. The summed E-state index contributed by atoms with van der Waals surface area (Å²) < 4.78 is 5.63. The quantitative estimate of drug-likeness (QED) is 0.140. The second kappa shape index (κ2) is 11.1. The van der Waals surface area contributed by atoms with E-state index in [2.05, 4.69) is 5.32 Å². The molecule has 0 spiro atoms. The van der Waals surface area contributed by atoms with Gasteiger partial charge in [0.15, 0.2) is 6.10 Å². The van der Waals surface area contributed by atoms with Crippen LogP contribution in [0.3, 0.4) is 0 Å². The van der Waals surface area contributed by atoms with Gasteiger partial charge in [-0.3, -0.25) is 19.7 Å². The zero-order valence-corrected chi connectivity index (χ0v) is 19.8. The molecule has 4 aromatic carbocycles. The van der Waals surface area contributed by atoms with Crippen molar-refractivity contribution >= 4 is 29.0 Å². The number of carbonyl (C=O) groups excluding carboxylic acids is 3. The molecule has 0 heterocycles. The van der Waals surface area contributed by atoms with Crippen LogP contribution in [-0.2, 0) is 4.74 Å². The number of nitrogens with one attached hydrogen (secondary N) is 1. The third-order valence-corrected chi connectivity index (χ3v) is 5.60. The van der Waals surface area contributed by atoms with Crippen molar-refractivity contribution in [1.29, 1.82) is 0 Å². The number of rotatable bonds is 8. The number of nitro groups is 1. The average molecular weight is 495 g/mol. The second-order valence-electron chi connectivity index (χ2n) is 8.27. The van der Waals surface area contributed by atoms with Gasteiger partial charge in [-0.1, -0.05) is 54.1 Å². The van der Waals surface area contributed by atoms with E-state index in [1.165, 1.54) is 36.4 Å². The lowest BCUT2D eigenvalue weighted by Gasteiger charge is -2.18. The fourth-order valence-corrected chi connectivity index (χ4v) is 3.60. The Morgan fingerprint density at radius 1 is 0.784 bits per heavy atom. The summed E-state index contributed by atoms with van der Waals surface area (Å²) in [6.45, 7) is 1.92. The molecule has 0 radical (unpaired) electrons. The van der Waals surface area contributed by atoms with Crippen molar-refractivity contribution in [2.24, 2.45) is 0 Å². The number of anilines is 1. The highest BCUT2D eigenvalue weighted by Crippen LogP contribution is 2.26. The van der Waals surface area contributed by atoms with E-state index >= 15 is 0 Å². The Bertz CT molecular complexity index is 1450. The molecule has 0 aliphatic rings. The van der Waals surface area contributed by atoms with E-state index in [1.807, 2.05) is 19.1 Å². The number of nitro benzene ring substituents is 1. The molecule has 4 aromatic rings.